The molecule has 3 rings (SSSR count). The second-order valence-electron chi connectivity index (χ2n) is 13.6. The van der Waals surface area contributed by atoms with Crippen LogP contribution in [0.1, 0.15) is 70.6 Å². The molecule has 1 atom stereocenters. The molecule has 0 aliphatic rings. The van der Waals surface area contributed by atoms with Crippen molar-refractivity contribution in [2.75, 3.05) is 45.4 Å². The molecule has 230 valence electrons. The Labute approximate surface area is 264 Å². The molecule has 0 amide bonds. The van der Waals surface area contributed by atoms with Crippen molar-refractivity contribution in [1.29, 1.82) is 0 Å². The third-order valence-electron chi connectivity index (χ3n) is 7.57. The second-order valence-corrected chi connectivity index (χ2v) is 14.4. The van der Waals surface area contributed by atoms with E-state index in [0.29, 0.717) is 19.8 Å². The van der Waals surface area contributed by atoms with Gasteiger partial charge < -0.3 is 18.7 Å². The van der Waals surface area contributed by atoms with Crippen LogP contribution in [0, 0.1) is 5.41 Å². The van der Waals surface area contributed by atoms with E-state index < -0.39 is 0 Å². The summed E-state index contributed by atoms with van der Waals surface area (Å²) < 4.78 is 18.9. The summed E-state index contributed by atoms with van der Waals surface area (Å²) >= 11 is 3.48. The average molecular weight is 640 g/mol. The number of benzene rings is 3. The van der Waals surface area contributed by atoms with Crippen LogP contribution in [0.4, 0.5) is 0 Å². The zero-order valence-corrected chi connectivity index (χ0v) is 28.4. The van der Waals surface area contributed by atoms with Crippen LogP contribution in [0.25, 0.3) is 0 Å². The number of ether oxygens (including phenoxy) is 3. The standard InChI is InChI=1S/C37H53BrNO3/c1-36(2,3)30-37(4,5)33-16-20-35(21-17-33)42-27-26-40-25-23-39(6,28-31-12-8-7-9-13-31)29-32-14-18-34(19-15-32)41-24-11-10-22-38/h7-9,12-21H,10-11,22-30H2,1-6H3/q+1. The number of likely N-dealkylation sites (N-methyl/N-ethyl adjacent to an activating group) is 1. The summed E-state index contributed by atoms with van der Waals surface area (Å²) in [5.41, 5.74) is 4.41. The number of alkyl halides is 1. The molecule has 0 bridgehead atoms. The van der Waals surface area contributed by atoms with Gasteiger partial charge in [0.1, 0.15) is 37.7 Å². The van der Waals surface area contributed by atoms with E-state index in [1.54, 1.807) is 0 Å². The van der Waals surface area contributed by atoms with Gasteiger partial charge in [0.05, 0.1) is 26.9 Å². The highest BCUT2D eigenvalue weighted by Gasteiger charge is 2.27. The number of hydrogen-bond acceptors (Lipinski definition) is 3. The van der Waals surface area contributed by atoms with Crippen molar-refractivity contribution in [1.82, 2.24) is 0 Å². The number of rotatable bonds is 18. The van der Waals surface area contributed by atoms with Crippen LogP contribution >= 0.6 is 15.9 Å². The van der Waals surface area contributed by atoms with E-state index in [1.807, 2.05) is 0 Å². The van der Waals surface area contributed by atoms with Crippen molar-refractivity contribution < 1.29 is 18.7 Å². The Morgan fingerprint density at radius 1 is 0.643 bits per heavy atom. The van der Waals surface area contributed by atoms with Crippen LogP contribution in [0.15, 0.2) is 78.9 Å². The van der Waals surface area contributed by atoms with E-state index in [4.69, 9.17) is 14.2 Å². The molecule has 0 radical (unpaired) electrons. The molecule has 5 heteroatoms. The van der Waals surface area contributed by atoms with Crippen LogP contribution < -0.4 is 9.47 Å². The monoisotopic (exact) mass is 638 g/mol. The predicted octanol–water partition coefficient (Wildman–Crippen LogP) is 9.20. The zero-order valence-electron chi connectivity index (χ0n) is 26.8. The summed E-state index contributed by atoms with van der Waals surface area (Å²) in [6.07, 6.45) is 3.32. The molecule has 0 aliphatic heterocycles. The van der Waals surface area contributed by atoms with E-state index in [-0.39, 0.29) is 10.8 Å². The number of hydrogen-bond donors (Lipinski definition) is 0. The molecule has 4 nitrogen and oxygen atoms in total. The summed E-state index contributed by atoms with van der Waals surface area (Å²) in [4.78, 5) is 0. The van der Waals surface area contributed by atoms with Gasteiger partial charge in [0.25, 0.3) is 0 Å². The third-order valence-corrected chi connectivity index (χ3v) is 8.13. The van der Waals surface area contributed by atoms with E-state index in [0.717, 1.165) is 66.8 Å². The molecule has 42 heavy (non-hydrogen) atoms. The van der Waals surface area contributed by atoms with Crippen LogP contribution in [-0.4, -0.2) is 49.8 Å². The molecule has 0 spiro atoms. The average Bonchev–Trinajstić information content (AvgIpc) is 2.93. The maximum Gasteiger partial charge on any atom is 0.119 e. The molecule has 0 fully saturated rings. The quantitative estimate of drug-likeness (QED) is 0.0789. The minimum atomic E-state index is 0.132. The smallest absolute Gasteiger partial charge is 0.119 e. The summed E-state index contributed by atoms with van der Waals surface area (Å²) in [5.74, 6) is 1.84. The SMILES string of the molecule is CC(C)(C)CC(C)(C)c1ccc(OCCOCC[N+](C)(Cc2ccccc2)Cc2ccc(OCCCCBr)cc2)cc1. The van der Waals surface area contributed by atoms with Gasteiger partial charge in [-0.3, -0.25) is 0 Å². The van der Waals surface area contributed by atoms with Gasteiger partial charge in [-0.25, -0.2) is 0 Å². The largest absolute Gasteiger partial charge is 0.494 e. The van der Waals surface area contributed by atoms with Crippen molar-refractivity contribution >= 4 is 15.9 Å². The fourth-order valence-electron chi connectivity index (χ4n) is 5.79. The highest BCUT2D eigenvalue weighted by molar-refractivity contribution is 9.09. The van der Waals surface area contributed by atoms with Gasteiger partial charge in [-0.05, 0) is 72.1 Å². The maximum absolute atomic E-state index is 6.08. The van der Waals surface area contributed by atoms with Crippen molar-refractivity contribution in [3.05, 3.63) is 95.6 Å². The minimum absolute atomic E-state index is 0.132. The Hall–Kier alpha value is -2.34. The Morgan fingerprint density at radius 2 is 1.21 bits per heavy atom. The van der Waals surface area contributed by atoms with Gasteiger partial charge in [0, 0.05) is 16.5 Å². The first-order valence-corrected chi connectivity index (χ1v) is 16.6. The molecule has 0 heterocycles. The minimum Gasteiger partial charge on any atom is -0.494 e. The fraction of sp³-hybridized carbons (Fsp3) is 0.514. The lowest BCUT2D eigenvalue weighted by Gasteiger charge is -2.35. The first-order chi connectivity index (χ1) is 20.0. The van der Waals surface area contributed by atoms with Gasteiger partial charge in [-0.15, -0.1) is 0 Å². The molecule has 0 aromatic heterocycles. The van der Waals surface area contributed by atoms with Gasteiger partial charge in [0.2, 0.25) is 0 Å². The normalized spacial score (nSPS) is 13.5. The molecule has 3 aromatic rings. The first kappa shape index (κ1) is 34.2. The third kappa shape index (κ3) is 12.5. The second kappa shape index (κ2) is 16.5. The molecule has 0 N–H and O–H groups in total. The number of quaternary nitrogens is 1. The zero-order chi connectivity index (χ0) is 30.5. The summed E-state index contributed by atoms with van der Waals surface area (Å²) in [6.45, 7) is 16.9. The summed E-state index contributed by atoms with van der Waals surface area (Å²) in [5, 5.41) is 1.02. The molecule has 3 aromatic carbocycles. The van der Waals surface area contributed by atoms with E-state index >= 15 is 0 Å². The Kier molecular flexibility index (Phi) is 13.4. The van der Waals surface area contributed by atoms with Gasteiger partial charge in [0.15, 0.2) is 0 Å². The summed E-state index contributed by atoms with van der Waals surface area (Å²) in [7, 11) is 2.32. The van der Waals surface area contributed by atoms with Crippen molar-refractivity contribution in [3.8, 4) is 11.5 Å². The lowest BCUT2D eigenvalue weighted by Crippen LogP contribution is -2.45. The Bertz CT molecular complexity index is 1160. The highest BCUT2D eigenvalue weighted by atomic mass is 79.9. The predicted molar refractivity (Wildman–Crippen MR) is 180 cm³/mol. The van der Waals surface area contributed by atoms with Crippen LogP contribution in [0.2, 0.25) is 0 Å². The topological polar surface area (TPSA) is 27.7 Å². The first-order valence-electron chi connectivity index (χ1n) is 15.4. The fourth-order valence-corrected chi connectivity index (χ4v) is 6.19. The Balaban J connectivity index is 1.48. The van der Waals surface area contributed by atoms with E-state index in [2.05, 4.69) is 136 Å². The molecule has 0 saturated carbocycles. The highest BCUT2D eigenvalue weighted by Crippen LogP contribution is 2.36. The van der Waals surface area contributed by atoms with E-state index in [9.17, 15) is 0 Å². The van der Waals surface area contributed by atoms with Gasteiger partial charge in [-0.2, -0.15) is 0 Å². The van der Waals surface area contributed by atoms with Gasteiger partial charge in [-0.1, -0.05) is 93.0 Å². The van der Waals surface area contributed by atoms with Crippen LogP contribution in [0.3, 0.4) is 0 Å². The summed E-state index contributed by atoms with van der Waals surface area (Å²) in [6, 6.07) is 27.9. The molecular formula is C37H53BrNO3+. The van der Waals surface area contributed by atoms with Crippen LogP contribution in [-0.2, 0) is 23.2 Å². The molecule has 0 aliphatic carbocycles. The number of halogens is 1. The lowest BCUT2D eigenvalue weighted by molar-refractivity contribution is -0.935. The maximum atomic E-state index is 6.08. The van der Waals surface area contributed by atoms with Crippen molar-refractivity contribution in [2.45, 2.75) is 72.4 Å². The number of nitrogens with zero attached hydrogens (tertiary/aromatic N) is 1. The van der Waals surface area contributed by atoms with Crippen LogP contribution in [0.5, 0.6) is 11.5 Å². The molecular weight excluding hydrogens is 586 g/mol. The molecule has 0 saturated heterocycles. The van der Waals surface area contributed by atoms with E-state index in [1.165, 1.54) is 16.7 Å². The van der Waals surface area contributed by atoms with Gasteiger partial charge >= 0.3 is 0 Å². The lowest BCUT2D eigenvalue weighted by atomic mass is 9.72. The van der Waals surface area contributed by atoms with Crippen molar-refractivity contribution in [3.63, 3.8) is 0 Å². The number of unbranched alkanes of at least 4 members (excludes halogenated alkanes) is 1. The Morgan fingerprint density at radius 3 is 1.81 bits per heavy atom. The molecule has 1 unspecified atom stereocenters. The van der Waals surface area contributed by atoms with Crippen molar-refractivity contribution in [2.24, 2.45) is 5.41 Å².